The van der Waals surface area contributed by atoms with Crippen LogP contribution in [-0.4, -0.2) is 29.6 Å². The molecule has 0 aliphatic carbocycles. The largest absolute Gasteiger partial charge is 0.457 e. The molecule has 1 fully saturated rings. The van der Waals surface area contributed by atoms with Gasteiger partial charge in [-0.25, -0.2) is 4.79 Å². The first-order chi connectivity index (χ1) is 9.92. The van der Waals surface area contributed by atoms with Gasteiger partial charge in [0, 0.05) is 19.2 Å². The van der Waals surface area contributed by atoms with Crippen molar-refractivity contribution in [1.29, 1.82) is 0 Å². The fraction of sp³-hybridized carbons (Fsp3) is 0.500. The van der Waals surface area contributed by atoms with E-state index in [1.807, 2.05) is 26.8 Å². The van der Waals surface area contributed by atoms with Crippen molar-refractivity contribution in [2.24, 2.45) is 0 Å². The Morgan fingerprint density at radius 1 is 1.27 bits per heavy atom. The van der Waals surface area contributed by atoms with Gasteiger partial charge in [0.2, 0.25) is 0 Å². The van der Waals surface area contributed by atoms with E-state index in [1.165, 1.54) is 11.1 Å². The molecular weight excluding hydrogens is 298 g/mol. The minimum Gasteiger partial charge on any atom is -0.457 e. The molecule has 22 heavy (non-hydrogen) atoms. The molecule has 1 aliphatic heterocycles. The van der Waals surface area contributed by atoms with E-state index in [1.54, 1.807) is 6.08 Å². The van der Waals surface area contributed by atoms with Crippen LogP contribution in [-0.2, 0) is 16.1 Å². The van der Waals surface area contributed by atoms with Gasteiger partial charge >= 0.3 is 5.97 Å². The van der Waals surface area contributed by atoms with Crippen LogP contribution >= 0.6 is 12.4 Å². The maximum absolute atomic E-state index is 11.9. The van der Waals surface area contributed by atoms with Crippen LogP contribution in [0.3, 0.4) is 0 Å². The molecule has 0 amide bonds. The second-order valence-corrected chi connectivity index (χ2v) is 6.64. The first-order valence-corrected chi connectivity index (χ1v) is 7.61. The van der Waals surface area contributed by atoms with Crippen LogP contribution in [0.15, 0.2) is 42.0 Å². The van der Waals surface area contributed by atoms with Crippen LogP contribution in [0.1, 0.15) is 39.2 Å². The first kappa shape index (κ1) is 18.7. The predicted molar refractivity (Wildman–Crippen MR) is 92.1 cm³/mol. The van der Waals surface area contributed by atoms with Crippen LogP contribution in [0.5, 0.6) is 0 Å². The maximum atomic E-state index is 11.9. The predicted octanol–water partition coefficient (Wildman–Crippen LogP) is 3.97. The molecule has 1 aromatic carbocycles. The van der Waals surface area contributed by atoms with Crippen molar-refractivity contribution in [1.82, 2.24) is 4.90 Å². The molecule has 1 saturated heterocycles. The zero-order valence-corrected chi connectivity index (χ0v) is 14.5. The lowest BCUT2D eigenvalue weighted by atomic mass is 10.0. The molecule has 122 valence electrons. The van der Waals surface area contributed by atoms with Gasteiger partial charge in [0.1, 0.15) is 5.60 Å². The molecule has 0 bridgehead atoms. The SMILES string of the molecule is CC(C)(C)OC(=O)C=C1CCCN(Cc2ccccc2)C1.Cl. The molecule has 0 N–H and O–H groups in total. The average Bonchev–Trinajstić information content (AvgIpc) is 2.38. The number of esters is 1. The number of rotatable bonds is 3. The third-order valence-electron chi connectivity index (χ3n) is 3.38. The molecule has 0 spiro atoms. The summed E-state index contributed by atoms with van der Waals surface area (Å²) in [6, 6.07) is 10.5. The average molecular weight is 324 g/mol. The molecule has 0 saturated carbocycles. The van der Waals surface area contributed by atoms with Gasteiger partial charge in [0.15, 0.2) is 0 Å². The zero-order valence-electron chi connectivity index (χ0n) is 13.7. The molecule has 2 rings (SSSR count). The molecular formula is C18H26ClNO2. The van der Waals surface area contributed by atoms with Gasteiger partial charge in [0.05, 0.1) is 0 Å². The first-order valence-electron chi connectivity index (χ1n) is 7.61. The third-order valence-corrected chi connectivity index (χ3v) is 3.38. The molecule has 1 heterocycles. The quantitative estimate of drug-likeness (QED) is 0.622. The van der Waals surface area contributed by atoms with E-state index in [9.17, 15) is 4.79 Å². The lowest BCUT2D eigenvalue weighted by Crippen LogP contribution is -2.31. The Morgan fingerprint density at radius 3 is 2.59 bits per heavy atom. The standard InChI is InChI=1S/C18H25NO2.ClH/c1-18(2,3)21-17(20)12-16-10-7-11-19(14-16)13-15-8-5-4-6-9-15;/h4-6,8-9,12H,7,10-11,13-14H2,1-3H3;1H. The van der Waals surface area contributed by atoms with Crippen molar-refractivity contribution in [2.75, 3.05) is 13.1 Å². The highest BCUT2D eigenvalue weighted by Gasteiger charge is 2.18. The molecule has 1 aromatic rings. The van der Waals surface area contributed by atoms with Gasteiger partial charge in [-0.2, -0.15) is 0 Å². The summed E-state index contributed by atoms with van der Waals surface area (Å²) in [4.78, 5) is 14.3. The van der Waals surface area contributed by atoms with Crippen LogP contribution in [0.4, 0.5) is 0 Å². The van der Waals surface area contributed by atoms with Gasteiger partial charge in [-0.3, -0.25) is 4.90 Å². The lowest BCUT2D eigenvalue weighted by Gasteiger charge is -2.28. The topological polar surface area (TPSA) is 29.5 Å². The highest BCUT2D eigenvalue weighted by molar-refractivity contribution is 5.85. The molecule has 4 heteroatoms. The van der Waals surface area contributed by atoms with Crippen molar-refractivity contribution in [3.8, 4) is 0 Å². The number of hydrogen-bond donors (Lipinski definition) is 0. The zero-order chi connectivity index (χ0) is 15.3. The van der Waals surface area contributed by atoms with Crippen molar-refractivity contribution in [2.45, 2.75) is 45.8 Å². The summed E-state index contributed by atoms with van der Waals surface area (Å²) in [5, 5.41) is 0. The summed E-state index contributed by atoms with van der Waals surface area (Å²) in [6.45, 7) is 8.56. The van der Waals surface area contributed by atoms with E-state index >= 15 is 0 Å². The number of carbonyl (C=O) groups excluding carboxylic acids is 1. The summed E-state index contributed by atoms with van der Waals surface area (Å²) in [5.41, 5.74) is 2.06. The Balaban J connectivity index is 0.00000242. The van der Waals surface area contributed by atoms with Gasteiger partial charge in [-0.05, 0) is 51.3 Å². The van der Waals surface area contributed by atoms with Gasteiger partial charge in [0.25, 0.3) is 0 Å². The molecule has 0 aromatic heterocycles. The summed E-state index contributed by atoms with van der Waals surface area (Å²) in [6.07, 6.45) is 3.77. The van der Waals surface area contributed by atoms with Crippen molar-refractivity contribution in [3.05, 3.63) is 47.5 Å². The minimum absolute atomic E-state index is 0. The summed E-state index contributed by atoms with van der Waals surface area (Å²) in [7, 11) is 0. The molecule has 1 aliphatic rings. The molecule has 0 atom stereocenters. The van der Waals surface area contributed by atoms with Gasteiger partial charge in [-0.1, -0.05) is 30.3 Å². The fourth-order valence-corrected chi connectivity index (χ4v) is 2.57. The van der Waals surface area contributed by atoms with Gasteiger partial charge in [-0.15, -0.1) is 12.4 Å². The number of nitrogens with zero attached hydrogens (tertiary/aromatic N) is 1. The number of hydrogen-bond acceptors (Lipinski definition) is 3. The number of halogens is 1. The smallest absolute Gasteiger partial charge is 0.331 e. The monoisotopic (exact) mass is 323 g/mol. The summed E-state index contributed by atoms with van der Waals surface area (Å²) < 4.78 is 5.36. The highest BCUT2D eigenvalue weighted by atomic mass is 35.5. The summed E-state index contributed by atoms with van der Waals surface area (Å²) in [5.74, 6) is -0.223. The van der Waals surface area contributed by atoms with Crippen LogP contribution < -0.4 is 0 Å². The van der Waals surface area contributed by atoms with Gasteiger partial charge < -0.3 is 4.74 Å². The van der Waals surface area contributed by atoms with E-state index in [-0.39, 0.29) is 18.4 Å². The van der Waals surface area contributed by atoms with E-state index in [0.29, 0.717) is 0 Å². The fourth-order valence-electron chi connectivity index (χ4n) is 2.57. The lowest BCUT2D eigenvalue weighted by molar-refractivity contribution is -0.148. The number of piperidine rings is 1. The molecule has 0 radical (unpaired) electrons. The third kappa shape index (κ3) is 6.63. The Hall–Kier alpha value is -1.32. The van der Waals surface area contributed by atoms with E-state index in [2.05, 4.69) is 29.2 Å². The minimum atomic E-state index is -0.424. The number of likely N-dealkylation sites (tertiary alicyclic amines) is 1. The number of ether oxygens (including phenoxy) is 1. The Morgan fingerprint density at radius 2 is 1.95 bits per heavy atom. The number of benzene rings is 1. The second-order valence-electron chi connectivity index (χ2n) is 6.64. The van der Waals surface area contributed by atoms with Crippen molar-refractivity contribution >= 4 is 18.4 Å². The van der Waals surface area contributed by atoms with E-state index < -0.39 is 5.60 Å². The Labute approximate surface area is 139 Å². The van der Waals surface area contributed by atoms with Crippen LogP contribution in [0, 0.1) is 0 Å². The number of carbonyl (C=O) groups is 1. The highest BCUT2D eigenvalue weighted by Crippen LogP contribution is 2.18. The van der Waals surface area contributed by atoms with Crippen molar-refractivity contribution < 1.29 is 9.53 Å². The Kier molecular flexibility index (Phi) is 7.11. The second kappa shape index (κ2) is 8.35. The molecule has 3 nitrogen and oxygen atoms in total. The summed E-state index contributed by atoms with van der Waals surface area (Å²) >= 11 is 0. The Bertz CT molecular complexity index is 506. The van der Waals surface area contributed by atoms with Crippen LogP contribution in [0.25, 0.3) is 0 Å². The van der Waals surface area contributed by atoms with Crippen molar-refractivity contribution in [3.63, 3.8) is 0 Å². The normalized spacial score (nSPS) is 17.9. The molecule has 0 unspecified atom stereocenters. The van der Waals surface area contributed by atoms with E-state index in [4.69, 9.17) is 4.74 Å². The van der Waals surface area contributed by atoms with Crippen LogP contribution in [0.2, 0.25) is 0 Å². The van der Waals surface area contributed by atoms with E-state index in [0.717, 1.165) is 32.5 Å². The maximum Gasteiger partial charge on any atom is 0.331 e.